The predicted octanol–water partition coefficient (Wildman–Crippen LogP) is 3.42. The SMILES string of the molecule is CC(=O)c1ccc(S(=O)(=O)NCc2ncc(Cc3ccccc3)s2)cc1. The van der Waals surface area contributed by atoms with E-state index in [1.54, 1.807) is 6.20 Å². The molecule has 0 aliphatic heterocycles. The van der Waals surface area contributed by atoms with Gasteiger partial charge in [-0.3, -0.25) is 4.79 Å². The molecule has 1 N–H and O–H groups in total. The Balaban J connectivity index is 1.63. The zero-order valence-corrected chi connectivity index (χ0v) is 15.8. The Morgan fingerprint density at radius 3 is 2.42 bits per heavy atom. The molecule has 0 spiro atoms. The first-order valence-corrected chi connectivity index (χ1v) is 10.3. The zero-order valence-electron chi connectivity index (χ0n) is 14.2. The standard InChI is InChI=1S/C19H18N2O3S2/c1-14(22)16-7-9-18(10-8-16)26(23,24)21-13-19-20-12-17(25-19)11-15-5-3-2-4-6-15/h2-10,12,21H,11,13H2,1H3. The number of nitrogens with one attached hydrogen (secondary N) is 1. The molecular weight excluding hydrogens is 368 g/mol. The fourth-order valence-electron chi connectivity index (χ4n) is 2.42. The zero-order chi connectivity index (χ0) is 18.6. The van der Waals surface area contributed by atoms with E-state index in [1.165, 1.54) is 48.1 Å². The second-order valence-corrected chi connectivity index (χ2v) is 8.75. The summed E-state index contributed by atoms with van der Waals surface area (Å²) in [6.45, 7) is 1.58. The van der Waals surface area contributed by atoms with Gasteiger partial charge in [0.1, 0.15) is 5.01 Å². The lowest BCUT2D eigenvalue weighted by molar-refractivity contribution is 0.101. The van der Waals surface area contributed by atoms with Crippen LogP contribution in [0.25, 0.3) is 0 Å². The van der Waals surface area contributed by atoms with Crippen molar-refractivity contribution in [1.82, 2.24) is 9.71 Å². The summed E-state index contributed by atoms with van der Waals surface area (Å²) in [7, 11) is -3.65. The number of Topliss-reactive ketones (excluding diaryl/α,β-unsaturated/α-hetero) is 1. The number of sulfonamides is 1. The number of carbonyl (C=O) groups excluding carboxylic acids is 1. The Bertz CT molecular complexity index is 995. The number of rotatable bonds is 7. The molecular formula is C19H18N2O3S2. The average molecular weight is 386 g/mol. The van der Waals surface area contributed by atoms with Crippen LogP contribution in [0, 0.1) is 0 Å². The fraction of sp³-hybridized carbons (Fsp3) is 0.158. The highest BCUT2D eigenvalue weighted by molar-refractivity contribution is 7.89. The predicted molar refractivity (Wildman–Crippen MR) is 102 cm³/mol. The number of benzene rings is 2. The molecule has 0 bridgehead atoms. The minimum absolute atomic E-state index is 0.101. The molecule has 0 radical (unpaired) electrons. The van der Waals surface area contributed by atoms with Gasteiger partial charge in [0.2, 0.25) is 10.0 Å². The second kappa shape index (κ2) is 7.90. The van der Waals surface area contributed by atoms with Gasteiger partial charge in [-0.25, -0.2) is 18.1 Å². The van der Waals surface area contributed by atoms with Crippen LogP contribution in [0.3, 0.4) is 0 Å². The molecule has 1 heterocycles. The largest absolute Gasteiger partial charge is 0.295 e. The molecule has 0 saturated carbocycles. The summed E-state index contributed by atoms with van der Waals surface area (Å²) >= 11 is 1.49. The van der Waals surface area contributed by atoms with E-state index >= 15 is 0 Å². The van der Waals surface area contributed by atoms with Gasteiger partial charge in [0.05, 0.1) is 11.4 Å². The third kappa shape index (κ3) is 4.63. The first kappa shape index (κ1) is 18.4. The molecule has 26 heavy (non-hydrogen) atoms. The summed E-state index contributed by atoms with van der Waals surface area (Å²) in [5, 5.41) is 0.708. The summed E-state index contributed by atoms with van der Waals surface area (Å²) in [5.74, 6) is -0.101. The number of thiazole rings is 1. The number of ketones is 1. The lowest BCUT2D eigenvalue weighted by atomic mass is 10.1. The molecule has 5 nitrogen and oxygen atoms in total. The van der Waals surface area contributed by atoms with E-state index in [2.05, 4.69) is 9.71 Å². The Kier molecular flexibility index (Phi) is 5.61. The van der Waals surface area contributed by atoms with Crippen molar-refractivity contribution in [3.63, 3.8) is 0 Å². The van der Waals surface area contributed by atoms with Crippen molar-refractivity contribution in [1.29, 1.82) is 0 Å². The van der Waals surface area contributed by atoms with Gasteiger partial charge in [-0.15, -0.1) is 11.3 Å². The monoisotopic (exact) mass is 386 g/mol. The normalized spacial score (nSPS) is 11.4. The third-order valence-electron chi connectivity index (χ3n) is 3.81. The van der Waals surface area contributed by atoms with Gasteiger partial charge in [-0.2, -0.15) is 0 Å². The van der Waals surface area contributed by atoms with E-state index in [4.69, 9.17) is 0 Å². The van der Waals surface area contributed by atoms with Crippen LogP contribution < -0.4 is 4.72 Å². The number of carbonyl (C=O) groups is 1. The molecule has 2 aromatic carbocycles. The smallest absolute Gasteiger partial charge is 0.240 e. The van der Waals surface area contributed by atoms with Crippen LogP contribution in [0.15, 0.2) is 65.7 Å². The molecule has 134 valence electrons. The molecule has 3 rings (SSSR count). The van der Waals surface area contributed by atoms with E-state index < -0.39 is 10.0 Å². The molecule has 1 aromatic heterocycles. The van der Waals surface area contributed by atoms with Gasteiger partial charge < -0.3 is 0 Å². The molecule has 0 amide bonds. The van der Waals surface area contributed by atoms with E-state index in [0.717, 1.165) is 11.3 Å². The molecule has 7 heteroatoms. The molecule has 0 saturated heterocycles. The van der Waals surface area contributed by atoms with Crippen molar-refractivity contribution < 1.29 is 13.2 Å². The van der Waals surface area contributed by atoms with Crippen molar-refractivity contribution in [2.24, 2.45) is 0 Å². The topological polar surface area (TPSA) is 76.1 Å². The van der Waals surface area contributed by atoms with Crippen molar-refractivity contribution >= 4 is 27.1 Å². The first-order chi connectivity index (χ1) is 12.4. The number of hydrogen-bond acceptors (Lipinski definition) is 5. The van der Waals surface area contributed by atoms with Crippen LogP contribution in [-0.4, -0.2) is 19.2 Å². The van der Waals surface area contributed by atoms with Crippen molar-refractivity contribution in [3.05, 3.63) is 81.8 Å². The van der Waals surface area contributed by atoms with Crippen molar-refractivity contribution in [3.8, 4) is 0 Å². The molecule has 3 aromatic rings. The van der Waals surface area contributed by atoms with E-state index in [1.807, 2.05) is 30.3 Å². The number of nitrogens with zero attached hydrogens (tertiary/aromatic N) is 1. The highest BCUT2D eigenvalue weighted by Gasteiger charge is 2.15. The minimum atomic E-state index is -3.65. The Morgan fingerprint density at radius 2 is 1.77 bits per heavy atom. The summed E-state index contributed by atoms with van der Waals surface area (Å²) in [5.41, 5.74) is 1.67. The summed E-state index contributed by atoms with van der Waals surface area (Å²) in [6.07, 6.45) is 2.56. The molecule has 0 fully saturated rings. The summed E-state index contributed by atoms with van der Waals surface area (Å²) in [4.78, 5) is 16.8. The van der Waals surface area contributed by atoms with Gasteiger partial charge >= 0.3 is 0 Å². The van der Waals surface area contributed by atoms with E-state index in [-0.39, 0.29) is 17.2 Å². The fourth-order valence-corrected chi connectivity index (χ4v) is 4.39. The van der Waals surface area contributed by atoms with Gasteiger partial charge in [0.15, 0.2) is 5.78 Å². The Labute approximate surface area is 156 Å². The van der Waals surface area contributed by atoms with Gasteiger partial charge in [0, 0.05) is 23.1 Å². The number of aromatic nitrogens is 1. The van der Waals surface area contributed by atoms with Gasteiger partial charge in [-0.1, -0.05) is 42.5 Å². The van der Waals surface area contributed by atoms with Crippen LogP contribution in [-0.2, 0) is 23.0 Å². The van der Waals surface area contributed by atoms with Crippen LogP contribution in [0.4, 0.5) is 0 Å². The van der Waals surface area contributed by atoms with Crippen molar-refractivity contribution in [2.75, 3.05) is 0 Å². The van der Waals surface area contributed by atoms with Crippen LogP contribution in [0.5, 0.6) is 0 Å². The quantitative estimate of drug-likeness (QED) is 0.631. The van der Waals surface area contributed by atoms with Crippen LogP contribution in [0.1, 0.15) is 32.7 Å². The van der Waals surface area contributed by atoms with Gasteiger partial charge in [0.25, 0.3) is 0 Å². The van der Waals surface area contributed by atoms with Crippen molar-refractivity contribution in [2.45, 2.75) is 24.8 Å². The first-order valence-electron chi connectivity index (χ1n) is 8.02. The van der Waals surface area contributed by atoms with E-state index in [0.29, 0.717) is 10.6 Å². The summed E-state index contributed by atoms with van der Waals surface area (Å²) < 4.78 is 27.3. The molecule has 0 aliphatic rings. The van der Waals surface area contributed by atoms with E-state index in [9.17, 15) is 13.2 Å². The second-order valence-electron chi connectivity index (χ2n) is 5.79. The Hall–Kier alpha value is -2.35. The lowest BCUT2D eigenvalue weighted by Crippen LogP contribution is -2.23. The minimum Gasteiger partial charge on any atom is -0.295 e. The van der Waals surface area contributed by atoms with Gasteiger partial charge in [-0.05, 0) is 24.6 Å². The lowest BCUT2D eigenvalue weighted by Gasteiger charge is -2.05. The summed E-state index contributed by atoms with van der Waals surface area (Å²) in [6, 6.07) is 15.9. The molecule has 0 unspecified atom stereocenters. The highest BCUT2D eigenvalue weighted by atomic mass is 32.2. The Morgan fingerprint density at radius 1 is 1.08 bits per heavy atom. The van der Waals surface area contributed by atoms with Crippen LogP contribution in [0.2, 0.25) is 0 Å². The highest BCUT2D eigenvalue weighted by Crippen LogP contribution is 2.18. The van der Waals surface area contributed by atoms with Crippen LogP contribution >= 0.6 is 11.3 Å². The maximum absolute atomic E-state index is 12.4. The maximum Gasteiger partial charge on any atom is 0.240 e. The maximum atomic E-state index is 12.4. The molecule has 0 atom stereocenters. The molecule has 0 aliphatic carbocycles. The third-order valence-corrected chi connectivity index (χ3v) is 6.22. The average Bonchev–Trinajstić information content (AvgIpc) is 3.08. The number of hydrogen-bond donors (Lipinski definition) is 1.